The molecule has 2 fully saturated rings. The number of ether oxygens (including phenoxy) is 3. The lowest BCUT2D eigenvalue weighted by Crippen LogP contribution is -2.62. The minimum absolute atomic E-state index is 0.0442. The highest BCUT2D eigenvalue weighted by molar-refractivity contribution is 5.67. The summed E-state index contributed by atoms with van der Waals surface area (Å²) in [7, 11) is 1.52. The number of rotatable bonds is 4. The van der Waals surface area contributed by atoms with Gasteiger partial charge >= 0.3 is 6.09 Å². The maximum absolute atomic E-state index is 11.8. The Morgan fingerprint density at radius 3 is 2.76 bits per heavy atom. The molecule has 25 heavy (non-hydrogen) atoms. The third-order valence-corrected chi connectivity index (χ3v) is 5.31. The van der Waals surface area contributed by atoms with Crippen LogP contribution in [-0.4, -0.2) is 49.5 Å². The van der Waals surface area contributed by atoms with Crippen molar-refractivity contribution in [2.75, 3.05) is 13.7 Å². The van der Waals surface area contributed by atoms with Gasteiger partial charge in [0.25, 0.3) is 0 Å². The molecule has 1 aromatic rings. The molecule has 1 saturated heterocycles. The van der Waals surface area contributed by atoms with Crippen molar-refractivity contribution in [3.05, 3.63) is 35.9 Å². The van der Waals surface area contributed by atoms with E-state index in [2.05, 4.69) is 17.4 Å². The van der Waals surface area contributed by atoms with E-state index in [9.17, 15) is 9.90 Å². The molecule has 0 unspecified atom stereocenters. The fourth-order valence-corrected chi connectivity index (χ4v) is 4.08. The number of hydrogen-bond acceptors (Lipinski definition) is 5. The van der Waals surface area contributed by atoms with Crippen molar-refractivity contribution in [1.82, 2.24) is 5.32 Å². The number of benzene rings is 1. The SMILES string of the molecule is CCOC(=O)N[C@@H]1[C@@H](OC)O[C@H]2CC[C@@H](c3ccccc3)C[C@H]2[C@H]1O. The average molecular weight is 349 g/mol. The normalized spacial score (nSPS) is 34.8. The Morgan fingerprint density at radius 2 is 2.08 bits per heavy atom. The second-order valence-corrected chi connectivity index (χ2v) is 6.74. The van der Waals surface area contributed by atoms with Gasteiger partial charge in [0.05, 0.1) is 18.8 Å². The molecule has 6 heteroatoms. The van der Waals surface area contributed by atoms with Gasteiger partial charge in [-0.05, 0) is 37.7 Å². The second-order valence-electron chi connectivity index (χ2n) is 6.74. The molecule has 6 atom stereocenters. The molecule has 2 aliphatic rings. The molecule has 2 N–H and O–H groups in total. The van der Waals surface area contributed by atoms with Crippen molar-refractivity contribution in [3.63, 3.8) is 0 Å². The highest BCUT2D eigenvalue weighted by atomic mass is 16.7. The Kier molecular flexibility index (Phi) is 5.93. The zero-order valence-electron chi connectivity index (χ0n) is 14.8. The maximum Gasteiger partial charge on any atom is 0.407 e. The molecule has 138 valence electrons. The standard InChI is InChI=1S/C19H27NO5/c1-3-24-19(22)20-16-17(21)14-11-13(12-7-5-4-6-8-12)9-10-15(14)25-18(16)23-2/h4-8,13-18,21H,3,9-11H2,1-2H3,(H,20,22)/t13-,14-,15+,16+,17-,18+/m1/s1. The smallest absolute Gasteiger partial charge is 0.407 e. The Morgan fingerprint density at radius 1 is 1.32 bits per heavy atom. The zero-order valence-corrected chi connectivity index (χ0v) is 14.8. The summed E-state index contributed by atoms with van der Waals surface area (Å²) in [4.78, 5) is 11.8. The summed E-state index contributed by atoms with van der Waals surface area (Å²) in [6.45, 7) is 2.01. The van der Waals surface area contributed by atoms with E-state index in [4.69, 9.17) is 14.2 Å². The number of amides is 1. The van der Waals surface area contributed by atoms with Crippen LogP contribution in [0.15, 0.2) is 30.3 Å². The molecule has 1 heterocycles. The van der Waals surface area contributed by atoms with Gasteiger partial charge in [-0.15, -0.1) is 0 Å². The minimum atomic E-state index is -0.736. The Balaban J connectivity index is 1.72. The Bertz CT molecular complexity index is 566. The lowest BCUT2D eigenvalue weighted by Gasteiger charge is -2.48. The largest absolute Gasteiger partial charge is 0.450 e. The van der Waals surface area contributed by atoms with E-state index in [0.29, 0.717) is 5.92 Å². The monoisotopic (exact) mass is 349 g/mol. The number of aliphatic hydroxyl groups excluding tert-OH is 1. The molecular weight excluding hydrogens is 322 g/mol. The lowest BCUT2D eigenvalue weighted by atomic mass is 9.71. The Labute approximate surface area is 148 Å². The van der Waals surface area contributed by atoms with E-state index >= 15 is 0 Å². The molecule has 0 spiro atoms. The zero-order chi connectivity index (χ0) is 17.8. The van der Waals surface area contributed by atoms with Crippen molar-refractivity contribution in [2.24, 2.45) is 5.92 Å². The van der Waals surface area contributed by atoms with E-state index in [1.165, 1.54) is 12.7 Å². The van der Waals surface area contributed by atoms with Crippen LogP contribution in [0.3, 0.4) is 0 Å². The van der Waals surface area contributed by atoms with Gasteiger partial charge in [-0.3, -0.25) is 0 Å². The number of fused-ring (bicyclic) bond motifs is 1. The van der Waals surface area contributed by atoms with Crippen molar-refractivity contribution in [3.8, 4) is 0 Å². The van der Waals surface area contributed by atoms with Crippen molar-refractivity contribution in [2.45, 2.75) is 56.6 Å². The molecule has 0 aromatic heterocycles. The number of alkyl carbamates (subject to hydrolysis) is 1. The van der Waals surface area contributed by atoms with Gasteiger partial charge < -0.3 is 24.6 Å². The van der Waals surface area contributed by atoms with Crippen molar-refractivity contribution in [1.29, 1.82) is 0 Å². The fourth-order valence-electron chi connectivity index (χ4n) is 4.08. The molecule has 1 amide bonds. The summed E-state index contributed by atoms with van der Waals surface area (Å²) >= 11 is 0. The van der Waals surface area contributed by atoms with Gasteiger partial charge in [0.2, 0.25) is 0 Å². The number of methoxy groups -OCH3 is 1. The van der Waals surface area contributed by atoms with Gasteiger partial charge in [0.1, 0.15) is 6.04 Å². The molecule has 3 rings (SSSR count). The van der Waals surface area contributed by atoms with E-state index < -0.39 is 24.5 Å². The number of carbonyl (C=O) groups is 1. The topological polar surface area (TPSA) is 77.0 Å². The lowest BCUT2D eigenvalue weighted by molar-refractivity contribution is -0.249. The van der Waals surface area contributed by atoms with Crippen molar-refractivity contribution >= 4 is 6.09 Å². The molecule has 1 aliphatic carbocycles. The van der Waals surface area contributed by atoms with E-state index in [-0.39, 0.29) is 18.6 Å². The van der Waals surface area contributed by atoms with Gasteiger partial charge in [-0.1, -0.05) is 30.3 Å². The van der Waals surface area contributed by atoms with Crippen LogP contribution in [0.4, 0.5) is 4.79 Å². The van der Waals surface area contributed by atoms with Crippen LogP contribution >= 0.6 is 0 Å². The van der Waals surface area contributed by atoms with Crippen LogP contribution in [0.2, 0.25) is 0 Å². The molecule has 1 saturated carbocycles. The highest BCUT2D eigenvalue weighted by Crippen LogP contribution is 2.43. The molecule has 1 aliphatic heterocycles. The first-order valence-electron chi connectivity index (χ1n) is 8.98. The molecule has 0 bridgehead atoms. The molecule has 6 nitrogen and oxygen atoms in total. The third kappa shape index (κ3) is 3.97. The van der Waals surface area contributed by atoms with Gasteiger partial charge in [-0.25, -0.2) is 4.79 Å². The van der Waals surface area contributed by atoms with Crippen LogP contribution in [0.25, 0.3) is 0 Å². The van der Waals surface area contributed by atoms with Crippen LogP contribution in [0.1, 0.15) is 37.7 Å². The molecule has 1 aromatic carbocycles. The summed E-state index contributed by atoms with van der Waals surface area (Å²) in [5.74, 6) is 0.348. The molecule has 0 radical (unpaired) electrons. The van der Waals surface area contributed by atoms with E-state index in [1.807, 2.05) is 18.2 Å². The summed E-state index contributed by atoms with van der Waals surface area (Å²) in [5.41, 5.74) is 1.29. The van der Waals surface area contributed by atoms with Crippen LogP contribution in [0, 0.1) is 5.92 Å². The summed E-state index contributed by atoms with van der Waals surface area (Å²) in [5, 5.41) is 13.6. The van der Waals surface area contributed by atoms with Gasteiger partial charge in [-0.2, -0.15) is 0 Å². The average Bonchev–Trinajstić information content (AvgIpc) is 2.64. The van der Waals surface area contributed by atoms with E-state index in [0.717, 1.165) is 19.3 Å². The first kappa shape index (κ1) is 18.2. The number of aliphatic hydroxyl groups is 1. The van der Waals surface area contributed by atoms with Crippen LogP contribution < -0.4 is 5.32 Å². The number of carbonyl (C=O) groups excluding carboxylic acids is 1. The van der Waals surface area contributed by atoms with Crippen molar-refractivity contribution < 1.29 is 24.1 Å². The van der Waals surface area contributed by atoms with E-state index in [1.54, 1.807) is 6.92 Å². The first-order valence-corrected chi connectivity index (χ1v) is 8.98. The quantitative estimate of drug-likeness (QED) is 0.873. The predicted molar refractivity (Wildman–Crippen MR) is 92.1 cm³/mol. The third-order valence-electron chi connectivity index (χ3n) is 5.31. The summed E-state index contributed by atoms with van der Waals surface area (Å²) in [6, 6.07) is 9.72. The second kappa shape index (κ2) is 8.17. The number of hydrogen-bond donors (Lipinski definition) is 2. The fraction of sp³-hybridized carbons (Fsp3) is 0.632. The van der Waals surface area contributed by atoms with Gasteiger partial charge in [0, 0.05) is 13.0 Å². The highest BCUT2D eigenvalue weighted by Gasteiger charge is 2.48. The van der Waals surface area contributed by atoms with Crippen LogP contribution in [-0.2, 0) is 14.2 Å². The maximum atomic E-state index is 11.8. The van der Waals surface area contributed by atoms with Gasteiger partial charge in [0.15, 0.2) is 6.29 Å². The summed E-state index contributed by atoms with van der Waals surface area (Å²) in [6.07, 6.45) is 0.685. The molecular formula is C19H27NO5. The predicted octanol–water partition coefficient (Wildman–Crippen LogP) is 2.42. The Hall–Kier alpha value is -1.63. The van der Waals surface area contributed by atoms with Crippen LogP contribution in [0.5, 0.6) is 0 Å². The number of nitrogens with one attached hydrogen (secondary N) is 1. The summed E-state index contributed by atoms with van der Waals surface area (Å²) < 4.78 is 16.3. The minimum Gasteiger partial charge on any atom is -0.450 e. The first-order chi connectivity index (χ1) is 12.1.